The van der Waals surface area contributed by atoms with E-state index in [4.69, 9.17) is 11.6 Å². The Kier molecular flexibility index (Phi) is 9.37. The molecule has 0 radical (unpaired) electrons. The van der Waals surface area contributed by atoms with Crippen LogP contribution in [0.15, 0.2) is 6.33 Å². The van der Waals surface area contributed by atoms with E-state index in [9.17, 15) is 4.39 Å². The van der Waals surface area contributed by atoms with Crippen LogP contribution in [0.4, 0.5) is 10.2 Å². The topological polar surface area (TPSA) is 37.8 Å². The molecule has 0 amide bonds. The molecule has 1 N–H and O–H groups in total. The number of aryl methyl sites for hydroxylation is 1. The van der Waals surface area contributed by atoms with Crippen molar-refractivity contribution in [3.8, 4) is 0 Å². The zero-order valence-corrected chi connectivity index (χ0v) is 14.8. The Hall–Kier alpha value is -0.900. The van der Waals surface area contributed by atoms with E-state index in [2.05, 4.69) is 22.2 Å². The van der Waals surface area contributed by atoms with E-state index < -0.39 is 6.17 Å². The van der Waals surface area contributed by atoms with Gasteiger partial charge in [0.25, 0.3) is 0 Å². The third-order valence-electron chi connectivity index (χ3n) is 4.04. The lowest BCUT2D eigenvalue weighted by Crippen LogP contribution is -2.20. The summed E-state index contributed by atoms with van der Waals surface area (Å²) in [6.45, 7) is 6.09. The van der Waals surface area contributed by atoms with Gasteiger partial charge in [0.1, 0.15) is 17.2 Å². The number of nitrogens with one attached hydrogen (secondary N) is 1. The van der Waals surface area contributed by atoms with Crippen LogP contribution in [0.1, 0.15) is 71.4 Å². The molecule has 22 heavy (non-hydrogen) atoms. The molecular formula is C17H29ClFN3. The Labute approximate surface area is 139 Å². The maximum Gasteiger partial charge on any atom is 0.148 e. The number of hydrogen-bond acceptors (Lipinski definition) is 3. The highest BCUT2D eigenvalue weighted by Crippen LogP contribution is 2.24. The van der Waals surface area contributed by atoms with Crippen LogP contribution >= 0.6 is 11.6 Å². The highest BCUT2D eigenvalue weighted by atomic mass is 35.5. The molecule has 0 aliphatic heterocycles. The average Bonchev–Trinajstić information content (AvgIpc) is 2.54. The van der Waals surface area contributed by atoms with Crippen LogP contribution < -0.4 is 5.32 Å². The lowest BCUT2D eigenvalue weighted by atomic mass is 10.0. The summed E-state index contributed by atoms with van der Waals surface area (Å²) < 4.78 is 13.1. The molecule has 0 aliphatic rings. The summed E-state index contributed by atoms with van der Waals surface area (Å²) in [4.78, 5) is 8.43. The molecule has 0 aliphatic carbocycles. The van der Waals surface area contributed by atoms with Gasteiger partial charge in [0.2, 0.25) is 0 Å². The predicted molar refractivity (Wildman–Crippen MR) is 92.4 cm³/mol. The Morgan fingerprint density at radius 3 is 2.45 bits per heavy atom. The molecule has 0 fully saturated rings. The molecule has 1 aromatic heterocycles. The van der Waals surface area contributed by atoms with E-state index in [0.717, 1.165) is 50.0 Å². The van der Waals surface area contributed by atoms with Crippen LogP contribution in [-0.4, -0.2) is 22.2 Å². The fourth-order valence-electron chi connectivity index (χ4n) is 2.46. The number of halogens is 2. The Bertz CT molecular complexity index is 428. The van der Waals surface area contributed by atoms with Gasteiger partial charge in [-0.2, -0.15) is 0 Å². The molecule has 0 saturated carbocycles. The highest BCUT2D eigenvalue weighted by molar-refractivity contribution is 6.33. The molecule has 2 atom stereocenters. The van der Waals surface area contributed by atoms with Gasteiger partial charge in [-0.1, -0.05) is 51.6 Å². The monoisotopic (exact) mass is 329 g/mol. The number of hydrogen-bond donors (Lipinski definition) is 1. The number of alkyl halides is 1. The SMILES string of the molecule is CCc1ncnc(NC(CC)CCCCCC(F)CC)c1Cl. The standard InChI is InChI=1S/C17H29ClFN3/c1-4-13(19)10-8-7-9-11-14(5-2)22-17-16(18)15(6-3)20-12-21-17/h12-14H,4-11H2,1-3H3,(H,20,21,22). The Morgan fingerprint density at radius 2 is 1.82 bits per heavy atom. The number of unbranched alkanes of at least 4 members (excludes halogenated alkanes) is 2. The van der Waals surface area contributed by atoms with Crippen molar-refractivity contribution < 1.29 is 4.39 Å². The largest absolute Gasteiger partial charge is 0.366 e. The van der Waals surface area contributed by atoms with E-state index >= 15 is 0 Å². The smallest absolute Gasteiger partial charge is 0.148 e. The van der Waals surface area contributed by atoms with E-state index in [0.29, 0.717) is 23.9 Å². The normalized spacial score (nSPS) is 13.9. The molecule has 0 bridgehead atoms. The van der Waals surface area contributed by atoms with Crippen molar-refractivity contribution in [2.24, 2.45) is 0 Å². The minimum Gasteiger partial charge on any atom is -0.366 e. The van der Waals surface area contributed by atoms with E-state index in [1.54, 1.807) is 6.33 Å². The molecule has 0 aromatic carbocycles. The van der Waals surface area contributed by atoms with Crippen LogP contribution in [0.3, 0.4) is 0 Å². The first-order valence-corrected chi connectivity index (χ1v) is 8.90. The van der Waals surface area contributed by atoms with Gasteiger partial charge in [0.05, 0.1) is 11.9 Å². The van der Waals surface area contributed by atoms with Crippen LogP contribution in [0.25, 0.3) is 0 Å². The first-order chi connectivity index (χ1) is 10.6. The summed E-state index contributed by atoms with van der Waals surface area (Å²) in [5.74, 6) is 0.732. The molecule has 1 aromatic rings. The van der Waals surface area contributed by atoms with Crippen LogP contribution in [0.5, 0.6) is 0 Å². The Morgan fingerprint density at radius 1 is 1.09 bits per heavy atom. The number of anilines is 1. The van der Waals surface area contributed by atoms with Crippen LogP contribution in [0.2, 0.25) is 5.02 Å². The quantitative estimate of drug-likeness (QED) is 0.538. The molecule has 126 valence electrons. The van der Waals surface area contributed by atoms with Gasteiger partial charge in [0.15, 0.2) is 0 Å². The van der Waals surface area contributed by atoms with Gasteiger partial charge >= 0.3 is 0 Å². The summed E-state index contributed by atoms with van der Waals surface area (Å²) in [6.07, 6.45) is 8.28. The Balaban J connectivity index is 2.39. The minimum absolute atomic E-state index is 0.351. The van der Waals surface area contributed by atoms with Crippen molar-refractivity contribution in [3.05, 3.63) is 17.0 Å². The van der Waals surface area contributed by atoms with Gasteiger partial charge in [-0.25, -0.2) is 14.4 Å². The van der Waals surface area contributed by atoms with E-state index in [1.807, 2.05) is 13.8 Å². The van der Waals surface area contributed by atoms with Gasteiger partial charge in [-0.05, 0) is 32.1 Å². The van der Waals surface area contributed by atoms with Crippen molar-refractivity contribution in [3.63, 3.8) is 0 Å². The second-order valence-electron chi connectivity index (χ2n) is 5.73. The number of nitrogens with zero attached hydrogens (tertiary/aromatic N) is 2. The summed E-state index contributed by atoms with van der Waals surface area (Å²) in [6, 6.07) is 0.351. The minimum atomic E-state index is -0.632. The van der Waals surface area contributed by atoms with Crippen molar-refractivity contribution in [1.82, 2.24) is 9.97 Å². The summed E-state index contributed by atoms with van der Waals surface area (Å²) in [7, 11) is 0. The number of rotatable bonds is 11. The second-order valence-corrected chi connectivity index (χ2v) is 6.11. The first-order valence-electron chi connectivity index (χ1n) is 8.52. The second kappa shape index (κ2) is 10.8. The lowest BCUT2D eigenvalue weighted by molar-refractivity contribution is 0.296. The maximum absolute atomic E-state index is 13.1. The third-order valence-corrected chi connectivity index (χ3v) is 4.44. The molecule has 2 unspecified atom stereocenters. The van der Waals surface area contributed by atoms with Gasteiger partial charge in [-0.15, -0.1) is 0 Å². The van der Waals surface area contributed by atoms with E-state index in [-0.39, 0.29) is 0 Å². The molecule has 0 spiro atoms. The van der Waals surface area contributed by atoms with E-state index in [1.165, 1.54) is 0 Å². The molecule has 3 nitrogen and oxygen atoms in total. The zero-order chi connectivity index (χ0) is 16.4. The zero-order valence-electron chi connectivity index (χ0n) is 14.0. The van der Waals surface area contributed by atoms with Crippen molar-refractivity contribution in [2.75, 3.05) is 5.32 Å². The lowest BCUT2D eigenvalue weighted by Gasteiger charge is -2.19. The fraction of sp³-hybridized carbons (Fsp3) is 0.765. The molecular weight excluding hydrogens is 301 g/mol. The fourth-order valence-corrected chi connectivity index (χ4v) is 2.75. The predicted octanol–water partition coefficient (Wildman–Crippen LogP) is 5.58. The summed E-state index contributed by atoms with van der Waals surface area (Å²) >= 11 is 6.32. The van der Waals surface area contributed by atoms with Gasteiger partial charge in [-0.3, -0.25) is 0 Å². The molecule has 5 heteroatoms. The number of aromatic nitrogens is 2. The van der Waals surface area contributed by atoms with Crippen LogP contribution in [-0.2, 0) is 6.42 Å². The van der Waals surface area contributed by atoms with Gasteiger partial charge in [0, 0.05) is 6.04 Å². The van der Waals surface area contributed by atoms with Crippen molar-refractivity contribution in [2.45, 2.75) is 84.4 Å². The molecule has 0 saturated heterocycles. The van der Waals surface area contributed by atoms with Crippen LogP contribution in [0, 0.1) is 0 Å². The first kappa shape index (κ1) is 19.1. The molecule has 1 heterocycles. The van der Waals surface area contributed by atoms with Gasteiger partial charge < -0.3 is 5.32 Å². The van der Waals surface area contributed by atoms with Crippen molar-refractivity contribution in [1.29, 1.82) is 0 Å². The summed E-state index contributed by atoms with van der Waals surface area (Å²) in [5, 5.41) is 4.06. The third kappa shape index (κ3) is 6.47. The van der Waals surface area contributed by atoms with Crippen molar-refractivity contribution >= 4 is 17.4 Å². The molecule has 1 rings (SSSR count). The highest BCUT2D eigenvalue weighted by Gasteiger charge is 2.12. The average molecular weight is 330 g/mol. The summed E-state index contributed by atoms with van der Waals surface area (Å²) in [5.41, 5.74) is 0.877. The maximum atomic E-state index is 13.1.